The first-order valence-electron chi connectivity index (χ1n) is 10.7. The maximum atomic E-state index is 14.1. The van der Waals surface area contributed by atoms with Crippen molar-refractivity contribution in [2.75, 3.05) is 18.9 Å². The first-order chi connectivity index (χ1) is 16.3. The lowest BCUT2D eigenvalue weighted by atomic mass is 10.1. The number of hydrogen-bond donors (Lipinski definition) is 2. The molecule has 3 N–H and O–H groups in total. The van der Waals surface area contributed by atoms with Gasteiger partial charge in [0.1, 0.15) is 22.5 Å². The second kappa shape index (κ2) is 8.75. The van der Waals surface area contributed by atoms with Gasteiger partial charge in [-0.15, -0.1) is 11.3 Å². The molecule has 1 aliphatic rings. The zero-order valence-electron chi connectivity index (χ0n) is 18.6. The van der Waals surface area contributed by atoms with Gasteiger partial charge in [-0.25, -0.2) is 14.4 Å². The van der Waals surface area contributed by atoms with Crippen molar-refractivity contribution in [3.05, 3.63) is 64.9 Å². The fourth-order valence-electron chi connectivity index (χ4n) is 3.89. The van der Waals surface area contributed by atoms with Crippen molar-refractivity contribution in [1.82, 2.24) is 25.0 Å². The van der Waals surface area contributed by atoms with E-state index in [2.05, 4.69) is 20.2 Å². The second-order valence-electron chi connectivity index (χ2n) is 8.16. The number of benzene rings is 1. The van der Waals surface area contributed by atoms with Crippen LogP contribution in [0.15, 0.2) is 42.9 Å². The van der Waals surface area contributed by atoms with E-state index in [9.17, 15) is 9.50 Å². The number of aliphatic hydroxyl groups is 1. The van der Waals surface area contributed by atoms with Gasteiger partial charge in [0.2, 0.25) is 0 Å². The zero-order chi connectivity index (χ0) is 23.9. The van der Waals surface area contributed by atoms with Crippen molar-refractivity contribution in [3.8, 4) is 21.9 Å². The van der Waals surface area contributed by atoms with Crippen LogP contribution in [0.5, 0.6) is 5.75 Å². The largest absolute Gasteiger partial charge is 0.482 e. The number of rotatable bonds is 6. The van der Waals surface area contributed by atoms with Crippen LogP contribution in [0.3, 0.4) is 0 Å². The Morgan fingerprint density at radius 3 is 2.82 bits per heavy atom. The summed E-state index contributed by atoms with van der Waals surface area (Å²) in [7, 11) is 0. The van der Waals surface area contributed by atoms with E-state index in [4.69, 9.17) is 15.2 Å². The molecule has 9 nitrogen and oxygen atoms in total. The predicted molar refractivity (Wildman–Crippen MR) is 124 cm³/mol. The number of aryl methyl sites for hydroxylation is 1. The summed E-state index contributed by atoms with van der Waals surface area (Å²) in [6, 6.07) is 6.12. The molecule has 0 saturated carbocycles. The van der Waals surface area contributed by atoms with Crippen LogP contribution in [0.4, 0.5) is 10.2 Å². The Kier molecular flexibility index (Phi) is 5.76. The lowest BCUT2D eigenvalue weighted by molar-refractivity contribution is 0.0229. The van der Waals surface area contributed by atoms with Gasteiger partial charge in [0, 0.05) is 30.4 Å². The minimum absolute atomic E-state index is 0.205. The third kappa shape index (κ3) is 4.13. The number of hydrogen-bond acceptors (Lipinski definition) is 9. The van der Waals surface area contributed by atoms with Gasteiger partial charge >= 0.3 is 0 Å². The van der Waals surface area contributed by atoms with Gasteiger partial charge in [-0.05, 0) is 38.1 Å². The Labute approximate surface area is 199 Å². The summed E-state index contributed by atoms with van der Waals surface area (Å²) in [5.41, 5.74) is 7.71. The van der Waals surface area contributed by atoms with Crippen LogP contribution in [0.25, 0.3) is 16.1 Å². The topological polar surface area (TPSA) is 121 Å². The molecule has 1 aromatic carbocycles. The van der Waals surface area contributed by atoms with E-state index in [1.807, 2.05) is 6.92 Å². The van der Waals surface area contributed by atoms with Crippen LogP contribution in [0.1, 0.15) is 35.7 Å². The van der Waals surface area contributed by atoms with E-state index < -0.39 is 17.5 Å². The number of nitrogen functional groups attached to an aromatic ring is 1. The van der Waals surface area contributed by atoms with Crippen molar-refractivity contribution in [1.29, 1.82) is 0 Å². The highest BCUT2D eigenvalue weighted by atomic mass is 32.1. The summed E-state index contributed by atoms with van der Waals surface area (Å²) in [5, 5.41) is 19.7. The fraction of sp³-hybridized carbons (Fsp3) is 0.304. The SMILES string of the molecule is Cc1nc(C2(O)CCOC2)sc1-c1cnc(N)c(O[C@H](C)c2cc(F)ccc2-n2nccn2)c1. The van der Waals surface area contributed by atoms with Gasteiger partial charge in [-0.2, -0.15) is 15.0 Å². The number of pyridine rings is 1. The number of anilines is 1. The normalized spacial score (nSPS) is 18.8. The molecular formula is C23H23FN6O3S. The van der Waals surface area contributed by atoms with Crippen LogP contribution < -0.4 is 10.5 Å². The number of halogens is 1. The third-order valence-corrected chi connectivity index (χ3v) is 7.10. The van der Waals surface area contributed by atoms with Crippen molar-refractivity contribution in [2.45, 2.75) is 32.0 Å². The summed E-state index contributed by atoms with van der Waals surface area (Å²) >= 11 is 1.39. The lowest BCUT2D eigenvalue weighted by Gasteiger charge is -2.19. The monoisotopic (exact) mass is 482 g/mol. The Balaban J connectivity index is 1.46. The first kappa shape index (κ1) is 22.4. The summed E-state index contributed by atoms with van der Waals surface area (Å²) in [4.78, 5) is 11.1. The van der Waals surface area contributed by atoms with E-state index in [1.54, 1.807) is 37.6 Å². The predicted octanol–water partition coefficient (Wildman–Crippen LogP) is 3.56. The van der Waals surface area contributed by atoms with Crippen molar-refractivity contribution in [2.24, 2.45) is 0 Å². The molecular weight excluding hydrogens is 459 g/mol. The molecule has 1 unspecified atom stereocenters. The summed E-state index contributed by atoms with van der Waals surface area (Å²) in [6.45, 7) is 4.40. The lowest BCUT2D eigenvalue weighted by Crippen LogP contribution is -2.25. The smallest absolute Gasteiger partial charge is 0.166 e. The van der Waals surface area contributed by atoms with Crippen LogP contribution >= 0.6 is 11.3 Å². The van der Waals surface area contributed by atoms with Gasteiger partial charge in [0.25, 0.3) is 0 Å². The highest BCUT2D eigenvalue weighted by Gasteiger charge is 2.38. The molecule has 34 heavy (non-hydrogen) atoms. The quantitative estimate of drug-likeness (QED) is 0.428. The molecule has 11 heteroatoms. The van der Waals surface area contributed by atoms with Gasteiger partial charge in [-0.3, -0.25) is 0 Å². The molecule has 0 aliphatic carbocycles. The summed E-state index contributed by atoms with van der Waals surface area (Å²) < 4.78 is 25.6. The summed E-state index contributed by atoms with van der Waals surface area (Å²) in [5.74, 6) is 0.157. The number of nitrogens with two attached hydrogens (primary N) is 1. The van der Waals surface area contributed by atoms with E-state index in [1.165, 1.54) is 28.3 Å². The molecule has 1 saturated heterocycles. The molecule has 2 atom stereocenters. The van der Waals surface area contributed by atoms with Crippen molar-refractivity contribution >= 4 is 17.2 Å². The molecule has 0 spiro atoms. The molecule has 4 aromatic rings. The van der Waals surface area contributed by atoms with E-state index in [-0.39, 0.29) is 12.4 Å². The maximum absolute atomic E-state index is 14.1. The highest BCUT2D eigenvalue weighted by molar-refractivity contribution is 7.15. The Morgan fingerprint density at radius 1 is 1.29 bits per heavy atom. The molecule has 0 bridgehead atoms. The minimum Gasteiger partial charge on any atom is -0.482 e. The van der Waals surface area contributed by atoms with E-state index >= 15 is 0 Å². The Morgan fingerprint density at radius 2 is 2.09 bits per heavy atom. The summed E-state index contributed by atoms with van der Waals surface area (Å²) in [6.07, 6.45) is 4.67. The van der Waals surface area contributed by atoms with Gasteiger partial charge < -0.3 is 20.3 Å². The number of nitrogens with zero attached hydrogens (tertiary/aromatic N) is 5. The molecule has 1 aliphatic heterocycles. The Bertz CT molecular complexity index is 1320. The fourth-order valence-corrected chi connectivity index (χ4v) is 5.04. The molecule has 3 aromatic heterocycles. The highest BCUT2D eigenvalue weighted by Crippen LogP contribution is 2.40. The number of thiazole rings is 1. The van der Waals surface area contributed by atoms with Crippen molar-refractivity contribution in [3.63, 3.8) is 0 Å². The molecule has 1 fully saturated rings. The van der Waals surface area contributed by atoms with Crippen LogP contribution in [-0.4, -0.2) is 43.3 Å². The number of ether oxygens (including phenoxy) is 2. The minimum atomic E-state index is -1.07. The molecule has 176 valence electrons. The maximum Gasteiger partial charge on any atom is 0.166 e. The first-order valence-corrected chi connectivity index (χ1v) is 11.5. The average Bonchev–Trinajstić information content (AvgIpc) is 3.57. The van der Waals surface area contributed by atoms with E-state index in [0.29, 0.717) is 35.0 Å². The molecule has 5 rings (SSSR count). The van der Waals surface area contributed by atoms with Crippen LogP contribution in [0.2, 0.25) is 0 Å². The molecule has 0 amide bonds. The van der Waals surface area contributed by atoms with Crippen LogP contribution in [0, 0.1) is 12.7 Å². The zero-order valence-corrected chi connectivity index (χ0v) is 19.4. The van der Waals surface area contributed by atoms with E-state index in [0.717, 1.165) is 16.1 Å². The second-order valence-corrected chi connectivity index (χ2v) is 9.16. The van der Waals surface area contributed by atoms with Gasteiger partial charge in [-0.1, -0.05) is 0 Å². The van der Waals surface area contributed by atoms with Crippen molar-refractivity contribution < 1.29 is 19.0 Å². The third-order valence-electron chi connectivity index (χ3n) is 5.70. The Hall–Kier alpha value is -3.41. The van der Waals surface area contributed by atoms with Crippen LogP contribution in [-0.2, 0) is 10.3 Å². The standard InChI is InChI=1S/C23H23FN6O3S/c1-13-20(34-22(29-13)23(31)5-8-32-12-23)15-9-19(21(25)26-11-15)33-14(2)17-10-16(24)3-4-18(17)30-27-6-7-28-30/h3-4,6-7,9-11,14,31H,5,8,12H2,1-2H3,(H2,25,26)/t14-,23?/m1/s1. The average molecular weight is 483 g/mol. The molecule has 4 heterocycles. The molecule has 0 radical (unpaired) electrons. The van der Waals surface area contributed by atoms with Gasteiger partial charge in [0.15, 0.2) is 11.6 Å². The van der Waals surface area contributed by atoms with Gasteiger partial charge in [0.05, 0.1) is 35.3 Å². The number of aromatic nitrogens is 5.